The van der Waals surface area contributed by atoms with Crippen LogP contribution < -0.4 is 5.73 Å². The third kappa shape index (κ3) is 2.91. The van der Waals surface area contributed by atoms with Gasteiger partial charge in [0.25, 0.3) is 0 Å². The highest BCUT2D eigenvalue weighted by Gasteiger charge is 2.29. The van der Waals surface area contributed by atoms with Gasteiger partial charge < -0.3 is 15.9 Å². The number of hydrogen-bond donors (Lipinski definition) is 3. The number of carbonyl (C=O) groups is 1. The zero-order valence-corrected chi connectivity index (χ0v) is 9.08. The predicted molar refractivity (Wildman–Crippen MR) is 58.7 cm³/mol. The van der Waals surface area contributed by atoms with Crippen molar-refractivity contribution in [2.75, 3.05) is 0 Å². The average Bonchev–Trinajstić information content (AvgIpc) is 2.20. The minimum absolute atomic E-state index is 0.0660. The van der Waals surface area contributed by atoms with Crippen LogP contribution in [0.4, 0.5) is 5.69 Å². The number of phenolic OH excluding ortho intramolecular Hbond substituents is 1. The molecule has 0 saturated heterocycles. The monoisotopic (exact) mass is 240 g/mol. The van der Waals surface area contributed by atoms with Gasteiger partial charge in [0.15, 0.2) is 5.75 Å². The molecule has 92 valence electrons. The Labute approximate surface area is 96.6 Å². The number of rotatable bonds is 4. The van der Waals surface area contributed by atoms with Crippen LogP contribution in [0, 0.1) is 10.1 Å². The molecule has 0 aliphatic carbocycles. The topological polar surface area (TPSA) is 127 Å². The molecular weight excluding hydrogens is 228 g/mol. The Morgan fingerprint density at radius 3 is 2.65 bits per heavy atom. The van der Waals surface area contributed by atoms with Crippen LogP contribution in [-0.4, -0.2) is 26.6 Å². The Morgan fingerprint density at radius 1 is 1.59 bits per heavy atom. The molecule has 0 fully saturated rings. The van der Waals surface area contributed by atoms with Gasteiger partial charge in [-0.2, -0.15) is 0 Å². The smallest absolute Gasteiger partial charge is 0.323 e. The largest absolute Gasteiger partial charge is 0.502 e. The van der Waals surface area contributed by atoms with Crippen molar-refractivity contribution in [1.82, 2.24) is 0 Å². The van der Waals surface area contributed by atoms with Crippen LogP contribution in [0.2, 0.25) is 0 Å². The average molecular weight is 240 g/mol. The first-order chi connectivity index (χ1) is 7.74. The first-order valence-corrected chi connectivity index (χ1v) is 4.72. The fourth-order valence-electron chi connectivity index (χ4n) is 1.32. The predicted octanol–water partition coefficient (Wildman–Crippen LogP) is 0.645. The van der Waals surface area contributed by atoms with E-state index in [-0.39, 0.29) is 6.42 Å². The molecule has 0 bridgehead atoms. The lowest BCUT2D eigenvalue weighted by Crippen LogP contribution is -2.46. The molecule has 0 aliphatic rings. The zero-order valence-electron chi connectivity index (χ0n) is 9.08. The van der Waals surface area contributed by atoms with Crippen molar-refractivity contribution in [2.24, 2.45) is 5.73 Å². The number of benzene rings is 1. The van der Waals surface area contributed by atoms with Crippen LogP contribution in [0.1, 0.15) is 12.5 Å². The molecule has 0 saturated carbocycles. The summed E-state index contributed by atoms with van der Waals surface area (Å²) in [6.07, 6.45) is -0.0660. The zero-order chi connectivity index (χ0) is 13.2. The second-order valence-corrected chi connectivity index (χ2v) is 3.98. The van der Waals surface area contributed by atoms with E-state index < -0.39 is 27.9 Å². The molecule has 1 aromatic carbocycles. The fraction of sp³-hybridized carbons (Fsp3) is 0.300. The fourth-order valence-corrected chi connectivity index (χ4v) is 1.32. The molecule has 1 rings (SSSR count). The maximum atomic E-state index is 10.8. The normalized spacial score (nSPS) is 14.0. The summed E-state index contributed by atoms with van der Waals surface area (Å²) >= 11 is 0. The number of nitro benzene ring substituents is 1. The maximum Gasteiger partial charge on any atom is 0.323 e. The van der Waals surface area contributed by atoms with Crippen molar-refractivity contribution in [2.45, 2.75) is 18.9 Å². The van der Waals surface area contributed by atoms with Gasteiger partial charge in [0, 0.05) is 12.5 Å². The van der Waals surface area contributed by atoms with E-state index in [1.165, 1.54) is 13.0 Å². The Balaban J connectivity index is 3.05. The van der Waals surface area contributed by atoms with Crippen LogP contribution in [0.5, 0.6) is 5.75 Å². The number of aromatic hydroxyl groups is 1. The van der Waals surface area contributed by atoms with E-state index in [1.807, 2.05) is 0 Å². The number of hydrogen-bond acceptors (Lipinski definition) is 5. The summed E-state index contributed by atoms with van der Waals surface area (Å²) in [5.74, 6) is -1.67. The first kappa shape index (κ1) is 12.9. The third-order valence-electron chi connectivity index (χ3n) is 2.30. The Bertz CT molecular complexity index is 470. The highest BCUT2D eigenvalue weighted by molar-refractivity contribution is 5.78. The molecule has 17 heavy (non-hydrogen) atoms. The second kappa shape index (κ2) is 4.38. The van der Waals surface area contributed by atoms with Gasteiger partial charge in [-0.15, -0.1) is 0 Å². The lowest BCUT2D eigenvalue weighted by molar-refractivity contribution is -0.385. The number of nitro groups is 1. The summed E-state index contributed by atoms with van der Waals surface area (Å²) in [5.41, 5.74) is 3.92. The van der Waals surface area contributed by atoms with Crippen LogP contribution in [-0.2, 0) is 11.2 Å². The molecule has 7 heteroatoms. The van der Waals surface area contributed by atoms with Gasteiger partial charge >= 0.3 is 11.7 Å². The maximum absolute atomic E-state index is 10.8. The van der Waals surface area contributed by atoms with E-state index in [2.05, 4.69) is 0 Å². The van der Waals surface area contributed by atoms with Gasteiger partial charge in [-0.3, -0.25) is 14.9 Å². The standard InChI is InChI=1S/C10H12N2O5/c1-10(11,9(14)15)5-6-2-3-8(13)7(4-6)12(16)17/h2-4,13H,5,11H2,1H3,(H,14,15)/t10-/m1/s1. The number of phenols is 1. The van der Waals surface area contributed by atoms with Gasteiger partial charge in [0.1, 0.15) is 5.54 Å². The Hall–Kier alpha value is -2.15. The quantitative estimate of drug-likeness (QED) is 0.523. The van der Waals surface area contributed by atoms with Crippen molar-refractivity contribution >= 4 is 11.7 Å². The molecule has 0 amide bonds. The Kier molecular flexibility index (Phi) is 3.33. The minimum Gasteiger partial charge on any atom is -0.502 e. The third-order valence-corrected chi connectivity index (χ3v) is 2.30. The van der Waals surface area contributed by atoms with Crippen molar-refractivity contribution in [3.63, 3.8) is 0 Å². The summed E-state index contributed by atoms with van der Waals surface area (Å²) in [5, 5.41) is 28.6. The van der Waals surface area contributed by atoms with E-state index in [9.17, 15) is 20.0 Å². The van der Waals surface area contributed by atoms with E-state index in [0.717, 1.165) is 12.1 Å². The molecule has 1 aromatic rings. The lowest BCUT2D eigenvalue weighted by atomic mass is 9.94. The highest BCUT2D eigenvalue weighted by Crippen LogP contribution is 2.27. The summed E-state index contributed by atoms with van der Waals surface area (Å²) in [6, 6.07) is 3.66. The Morgan fingerprint density at radius 2 is 2.18 bits per heavy atom. The molecule has 0 aliphatic heterocycles. The number of carboxylic acid groups (broad SMARTS) is 1. The van der Waals surface area contributed by atoms with E-state index in [4.69, 9.17) is 10.8 Å². The molecule has 1 atom stereocenters. The van der Waals surface area contributed by atoms with Crippen LogP contribution >= 0.6 is 0 Å². The SMILES string of the molecule is C[C@@](N)(Cc1ccc(O)c([N+](=O)[O-])c1)C(=O)O. The summed E-state index contributed by atoms with van der Waals surface area (Å²) in [7, 11) is 0. The molecule has 0 heterocycles. The van der Waals surface area contributed by atoms with Crippen molar-refractivity contribution in [1.29, 1.82) is 0 Å². The lowest BCUT2D eigenvalue weighted by Gasteiger charge is -2.18. The van der Waals surface area contributed by atoms with E-state index in [0.29, 0.717) is 5.56 Å². The van der Waals surface area contributed by atoms with Crippen LogP contribution in [0.15, 0.2) is 18.2 Å². The van der Waals surface area contributed by atoms with Crippen molar-refractivity contribution < 1.29 is 19.9 Å². The molecule has 0 radical (unpaired) electrons. The summed E-state index contributed by atoms with van der Waals surface area (Å²) in [6.45, 7) is 1.31. The van der Waals surface area contributed by atoms with Crippen molar-refractivity contribution in [3.05, 3.63) is 33.9 Å². The summed E-state index contributed by atoms with van der Waals surface area (Å²) in [4.78, 5) is 20.6. The van der Waals surface area contributed by atoms with Crippen LogP contribution in [0.25, 0.3) is 0 Å². The molecule has 0 aromatic heterocycles. The van der Waals surface area contributed by atoms with Gasteiger partial charge in [-0.25, -0.2) is 0 Å². The van der Waals surface area contributed by atoms with Gasteiger partial charge in [0.05, 0.1) is 4.92 Å². The molecule has 0 spiro atoms. The summed E-state index contributed by atoms with van der Waals surface area (Å²) < 4.78 is 0. The van der Waals surface area contributed by atoms with E-state index >= 15 is 0 Å². The molecular formula is C10H12N2O5. The number of nitrogens with two attached hydrogens (primary N) is 1. The molecule has 0 unspecified atom stereocenters. The molecule has 7 nitrogen and oxygen atoms in total. The second-order valence-electron chi connectivity index (χ2n) is 3.98. The van der Waals surface area contributed by atoms with Crippen molar-refractivity contribution in [3.8, 4) is 5.75 Å². The van der Waals surface area contributed by atoms with Gasteiger partial charge in [-0.05, 0) is 18.6 Å². The minimum atomic E-state index is -1.51. The highest BCUT2D eigenvalue weighted by atomic mass is 16.6. The number of nitrogens with zero attached hydrogens (tertiary/aromatic N) is 1. The molecule has 4 N–H and O–H groups in total. The van der Waals surface area contributed by atoms with Crippen LogP contribution in [0.3, 0.4) is 0 Å². The number of carboxylic acids is 1. The van der Waals surface area contributed by atoms with Gasteiger partial charge in [0.2, 0.25) is 0 Å². The number of aliphatic carboxylic acids is 1. The van der Waals surface area contributed by atoms with Gasteiger partial charge in [-0.1, -0.05) is 6.07 Å². The van der Waals surface area contributed by atoms with E-state index in [1.54, 1.807) is 0 Å². The first-order valence-electron chi connectivity index (χ1n) is 4.72.